The van der Waals surface area contributed by atoms with Crippen molar-refractivity contribution in [3.05, 3.63) is 102 Å². The van der Waals surface area contributed by atoms with Gasteiger partial charge in [0.15, 0.2) is 0 Å². The van der Waals surface area contributed by atoms with Gasteiger partial charge in [-0.3, -0.25) is 9.80 Å². The molecule has 1 fully saturated rings. The first kappa shape index (κ1) is 20.6. The SMILES string of the molecule is CCN(CC)c1ccc(C2[NH+](Cc3ccccc3)CC[NH+]2Cc2ccccc2)cc1. The summed E-state index contributed by atoms with van der Waals surface area (Å²) >= 11 is 0. The van der Waals surface area contributed by atoms with E-state index in [1.54, 1.807) is 9.80 Å². The van der Waals surface area contributed by atoms with Crippen LogP contribution in [0, 0.1) is 0 Å². The molecule has 156 valence electrons. The number of hydrogen-bond donors (Lipinski definition) is 2. The van der Waals surface area contributed by atoms with E-state index in [0.717, 1.165) is 26.2 Å². The van der Waals surface area contributed by atoms with Gasteiger partial charge in [0, 0.05) is 29.9 Å². The molecule has 1 heterocycles. The maximum atomic E-state index is 2.42. The summed E-state index contributed by atoms with van der Waals surface area (Å²) in [6.07, 6.45) is 0.469. The Morgan fingerprint density at radius 3 is 1.57 bits per heavy atom. The maximum Gasteiger partial charge on any atom is 0.241 e. The molecule has 1 saturated heterocycles. The molecular weight excluding hydrogens is 366 g/mol. The van der Waals surface area contributed by atoms with Crippen LogP contribution in [0.3, 0.4) is 0 Å². The molecule has 0 spiro atoms. The zero-order chi connectivity index (χ0) is 20.8. The average Bonchev–Trinajstić information content (AvgIpc) is 3.18. The molecule has 1 aliphatic heterocycles. The number of rotatable bonds is 8. The predicted octanol–water partition coefficient (Wildman–Crippen LogP) is 2.72. The second kappa shape index (κ2) is 9.92. The van der Waals surface area contributed by atoms with E-state index in [0.29, 0.717) is 6.17 Å². The fraction of sp³-hybridized carbons (Fsp3) is 0.333. The lowest BCUT2D eigenvalue weighted by Crippen LogP contribution is -3.22. The first-order valence-electron chi connectivity index (χ1n) is 11.4. The zero-order valence-corrected chi connectivity index (χ0v) is 18.4. The number of nitrogens with zero attached hydrogens (tertiary/aromatic N) is 1. The van der Waals surface area contributed by atoms with E-state index in [1.165, 1.54) is 35.5 Å². The number of hydrogen-bond acceptors (Lipinski definition) is 1. The van der Waals surface area contributed by atoms with Gasteiger partial charge < -0.3 is 4.90 Å². The van der Waals surface area contributed by atoms with Crippen molar-refractivity contribution in [2.75, 3.05) is 31.1 Å². The second-order valence-electron chi connectivity index (χ2n) is 8.34. The van der Waals surface area contributed by atoms with Crippen molar-refractivity contribution >= 4 is 5.69 Å². The first-order valence-corrected chi connectivity index (χ1v) is 11.4. The molecule has 30 heavy (non-hydrogen) atoms. The van der Waals surface area contributed by atoms with Crippen molar-refractivity contribution < 1.29 is 9.80 Å². The van der Waals surface area contributed by atoms with Gasteiger partial charge in [0.2, 0.25) is 6.17 Å². The van der Waals surface area contributed by atoms with Gasteiger partial charge >= 0.3 is 0 Å². The third-order valence-corrected chi connectivity index (χ3v) is 6.49. The molecule has 0 aliphatic carbocycles. The van der Waals surface area contributed by atoms with Crippen LogP contribution in [0.1, 0.15) is 36.7 Å². The third kappa shape index (κ3) is 4.75. The minimum atomic E-state index is 0.469. The Hall–Kier alpha value is -2.62. The van der Waals surface area contributed by atoms with Crippen LogP contribution >= 0.6 is 0 Å². The molecule has 2 atom stereocenters. The van der Waals surface area contributed by atoms with E-state index in [1.807, 2.05) is 0 Å². The number of quaternary nitrogens is 2. The topological polar surface area (TPSA) is 12.1 Å². The summed E-state index contributed by atoms with van der Waals surface area (Å²) in [7, 11) is 0. The Morgan fingerprint density at radius 1 is 0.667 bits per heavy atom. The van der Waals surface area contributed by atoms with E-state index >= 15 is 0 Å². The van der Waals surface area contributed by atoms with Crippen molar-refractivity contribution in [2.24, 2.45) is 0 Å². The Morgan fingerprint density at radius 2 is 1.13 bits per heavy atom. The van der Waals surface area contributed by atoms with E-state index in [4.69, 9.17) is 0 Å². The van der Waals surface area contributed by atoms with E-state index in [9.17, 15) is 0 Å². The lowest BCUT2D eigenvalue weighted by Gasteiger charge is -2.26. The van der Waals surface area contributed by atoms with Crippen LogP contribution in [0.25, 0.3) is 0 Å². The molecule has 0 aromatic heterocycles. The monoisotopic (exact) mass is 401 g/mol. The average molecular weight is 402 g/mol. The molecule has 3 heteroatoms. The largest absolute Gasteiger partial charge is 0.372 e. The standard InChI is InChI=1S/C27H33N3/c1-3-28(4-2)26-17-15-25(16-18-26)27-29(21-23-11-7-5-8-12-23)19-20-30(27)22-24-13-9-6-10-14-24/h5-18,27H,3-4,19-22H2,1-2H3/p+2. The highest BCUT2D eigenvalue weighted by Crippen LogP contribution is 2.17. The Bertz CT molecular complexity index is 839. The van der Waals surface area contributed by atoms with Gasteiger partial charge in [0.1, 0.15) is 26.2 Å². The van der Waals surface area contributed by atoms with Crippen LogP contribution in [-0.2, 0) is 13.1 Å². The summed E-state index contributed by atoms with van der Waals surface area (Å²) in [5.74, 6) is 0. The lowest BCUT2D eigenvalue weighted by atomic mass is 10.1. The van der Waals surface area contributed by atoms with Crippen LogP contribution in [-0.4, -0.2) is 26.2 Å². The molecule has 2 N–H and O–H groups in total. The molecule has 4 rings (SSSR count). The van der Waals surface area contributed by atoms with Gasteiger partial charge in [-0.2, -0.15) is 0 Å². The molecule has 0 amide bonds. The van der Waals surface area contributed by atoms with Crippen LogP contribution < -0.4 is 14.7 Å². The quantitative estimate of drug-likeness (QED) is 0.592. The highest BCUT2D eigenvalue weighted by Gasteiger charge is 2.40. The molecule has 0 saturated carbocycles. The van der Waals surface area contributed by atoms with Crippen molar-refractivity contribution in [3.8, 4) is 0 Å². The van der Waals surface area contributed by atoms with Crippen molar-refractivity contribution in [2.45, 2.75) is 33.1 Å². The van der Waals surface area contributed by atoms with Gasteiger partial charge in [-0.05, 0) is 38.1 Å². The summed E-state index contributed by atoms with van der Waals surface area (Å²) in [5, 5.41) is 0. The molecular formula is C27H35N3+2. The van der Waals surface area contributed by atoms with Crippen LogP contribution in [0.2, 0.25) is 0 Å². The Kier molecular flexibility index (Phi) is 6.83. The van der Waals surface area contributed by atoms with Crippen molar-refractivity contribution in [1.29, 1.82) is 0 Å². The molecule has 3 aromatic rings. The highest BCUT2D eigenvalue weighted by molar-refractivity contribution is 5.47. The first-order chi connectivity index (χ1) is 14.8. The highest BCUT2D eigenvalue weighted by atomic mass is 15.4. The predicted molar refractivity (Wildman–Crippen MR) is 125 cm³/mol. The summed E-state index contributed by atoms with van der Waals surface area (Å²) in [6.45, 7) is 11.1. The van der Waals surface area contributed by atoms with Crippen LogP contribution in [0.5, 0.6) is 0 Å². The Balaban J connectivity index is 1.60. The lowest BCUT2D eigenvalue weighted by molar-refractivity contribution is -1.09. The molecule has 3 nitrogen and oxygen atoms in total. The Labute approximate surface area is 181 Å². The summed E-state index contributed by atoms with van der Waals surface area (Å²) in [6, 6.07) is 31.3. The second-order valence-corrected chi connectivity index (χ2v) is 8.34. The number of benzene rings is 3. The summed E-state index contributed by atoms with van der Waals surface area (Å²) in [4.78, 5) is 5.76. The van der Waals surface area contributed by atoms with Crippen LogP contribution in [0.4, 0.5) is 5.69 Å². The van der Waals surface area contributed by atoms with Gasteiger partial charge in [0.05, 0.1) is 5.56 Å². The van der Waals surface area contributed by atoms with Gasteiger partial charge in [0.25, 0.3) is 0 Å². The minimum absolute atomic E-state index is 0.469. The molecule has 0 bridgehead atoms. The van der Waals surface area contributed by atoms with Gasteiger partial charge in [-0.1, -0.05) is 60.7 Å². The zero-order valence-electron chi connectivity index (χ0n) is 18.4. The summed E-state index contributed by atoms with van der Waals surface area (Å²) < 4.78 is 0. The van der Waals surface area contributed by atoms with E-state index in [2.05, 4.69) is 104 Å². The maximum absolute atomic E-state index is 2.42. The normalized spacial score (nSPS) is 20.9. The van der Waals surface area contributed by atoms with Crippen molar-refractivity contribution in [1.82, 2.24) is 0 Å². The minimum Gasteiger partial charge on any atom is -0.372 e. The van der Waals surface area contributed by atoms with Crippen LogP contribution in [0.15, 0.2) is 84.9 Å². The molecule has 1 aliphatic rings. The van der Waals surface area contributed by atoms with E-state index in [-0.39, 0.29) is 0 Å². The molecule has 0 radical (unpaired) electrons. The van der Waals surface area contributed by atoms with E-state index < -0.39 is 0 Å². The fourth-order valence-corrected chi connectivity index (χ4v) is 4.93. The van der Waals surface area contributed by atoms with Gasteiger partial charge in [-0.15, -0.1) is 0 Å². The molecule has 3 aromatic carbocycles. The number of nitrogens with one attached hydrogen (secondary N) is 2. The van der Waals surface area contributed by atoms with Crippen molar-refractivity contribution in [3.63, 3.8) is 0 Å². The smallest absolute Gasteiger partial charge is 0.241 e. The fourth-order valence-electron chi connectivity index (χ4n) is 4.93. The number of anilines is 1. The molecule has 2 unspecified atom stereocenters. The van der Waals surface area contributed by atoms with Gasteiger partial charge in [-0.25, -0.2) is 0 Å². The summed E-state index contributed by atoms with van der Waals surface area (Å²) in [5.41, 5.74) is 5.65. The third-order valence-electron chi connectivity index (χ3n) is 6.49.